The molecule has 1 aromatic rings. The van der Waals surface area contributed by atoms with Crippen LogP contribution < -0.4 is 5.32 Å². The summed E-state index contributed by atoms with van der Waals surface area (Å²) in [6.07, 6.45) is 7.10. The van der Waals surface area contributed by atoms with Crippen LogP contribution in [0, 0.1) is 11.3 Å². The van der Waals surface area contributed by atoms with Gasteiger partial charge in [0.25, 0.3) is 0 Å². The molecule has 0 spiro atoms. The average molecular weight is 356 g/mol. The molecule has 4 heteroatoms. The first kappa shape index (κ1) is 17.0. The van der Waals surface area contributed by atoms with Crippen molar-refractivity contribution in [1.82, 2.24) is 15.1 Å². The quantitative estimate of drug-likeness (QED) is 0.769. The summed E-state index contributed by atoms with van der Waals surface area (Å²) in [4.78, 5) is 0. The van der Waals surface area contributed by atoms with Crippen molar-refractivity contribution < 1.29 is 0 Å². The van der Waals surface area contributed by atoms with Gasteiger partial charge in [0.05, 0.1) is 22.4 Å². The monoisotopic (exact) mass is 355 g/mol. The summed E-state index contributed by atoms with van der Waals surface area (Å²) in [5.74, 6) is 0.676. The average Bonchev–Trinajstić information content (AvgIpc) is 2.94. The molecule has 1 heterocycles. The normalized spacial score (nSPS) is 22.9. The van der Waals surface area contributed by atoms with Gasteiger partial charge in [-0.15, -0.1) is 0 Å². The molecule has 1 saturated carbocycles. The van der Waals surface area contributed by atoms with Crippen molar-refractivity contribution in [3.63, 3.8) is 0 Å². The molecule has 1 aromatic heterocycles. The zero-order valence-corrected chi connectivity index (χ0v) is 15.7. The minimum atomic E-state index is 0.390. The molecule has 0 saturated heterocycles. The molecular formula is C17H30BrN3. The number of hydrogen-bond donors (Lipinski definition) is 1. The lowest BCUT2D eigenvalue weighted by molar-refractivity contribution is 0.189. The van der Waals surface area contributed by atoms with Gasteiger partial charge in [0.1, 0.15) is 0 Å². The predicted molar refractivity (Wildman–Crippen MR) is 92.5 cm³/mol. The number of nitrogens with zero attached hydrogens (tertiary/aromatic N) is 2. The predicted octanol–water partition coefficient (Wildman–Crippen LogP) is 5.09. The van der Waals surface area contributed by atoms with Crippen LogP contribution in [0.1, 0.15) is 78.1 Å². The summed E-state index contributed by atoms with van der Waals surface area (Å²) in [7, 11) is 0. The number of aromatic nitrogens is 2. The maximum Gasteiger partial charge on any atom is 0.0701 e. The number of hydrogen-bond acceptors (Lipinski definition) is 2. The van der Waals surface area contributed by atoms with Crippen LogP contribution in [0.5, 0.6) is 0 Å². The Kier molecular flexibility index (Phi) is 5.53. The van der Waals surface area contributed by atoms with E-state index in [4.69, 9.17) is 0 Å². The van der Waals surface area contributed by atoms with E-state index < -0.39 is 0 Å². The second-order valence-electron chi connectivity index (χ2n) is 7.34. The molecule has 120 valence electrons. The molecule has 2 unspecified atom stereocenters. The van der Waals surface area contributed by atoms with Crippen LogP contribution in [-0.2, 0) is 0 Å². The second kappa shape index (κ2) is 6.82. The van der Waals surface area contributed by atoms with E-state index in [1.807, 2.05) is 6.20 Å². The van der Waals surface area contributed by atoms with E-state index in [0.29, 0.717) is 23.4 Å². The van der Waals surface area contributed by atoms with Crippen LogP contribution in [0.15, 0.2) is 10.7 Å². The third kappa shape index (κ3) is 3.53. The molecule has 21 heavy (non-hydrogen) atoms. The van der Waals surface area contributed by atoms with Crippen LogP contribution in [0.4, 0.5) is 0 Å². The van der Waals surface area contributed by atoms with Crippen LogP contribution in [0.3, 0.4) is 0 Å². The molecule has 3 nitrogen and oxygen atoms in total. The summed E-state index contributed by atoms with van der Waals surface area (Å²) in [5.41, 5.74) is 1.73. The van der Waals surface area contributed by atoms with Crippen molar-refractivity contribution >= 4 is 15.9 Å². The Morgan fingerprint density at radius 2 is 2.19 bits per heavy atom. The highest BCUT2D eigenvalue weighted by Crippen LogP contribution is 2.49. The summed E-state index contributed by atoms with van der Waals surface area (Å²) in [6, 6.07) is 0.781. The highest BCUT2D eigenvalue weighted by molar-refractivity contribution is 9.10. The van der Waals surface area contributed by atoms with E-state index in [1.165, 1.54) is 25.0 Å². The van der Waals surface area contributed by atoms with Crippen LogP contribution >= 0.6 is 15.9 Å². The van der Waals surface area contributed by atoms with Gasteiger partial charge in [-0.25, -0.2) is 0 Å². The van der Waals surface area contributed by atoms with E-state index >= 15 is 0 Å². The standard InChI is InChI=1S/C17H30BrN3/c1-6-10-19-15(13-8-7-9-17(13,4)5)16-14(18)11-20-21(16)12(2)3/h11-13,15,19H,6-10H2,1-5H3. The van der Waals surface area contributed by atoms with Gasteiger partial charge in [-0.2, -0.15) is 5.10 Å². The van der Waals surface area contributed by atoms with Crippen LogP contribution in [0.2, 0.25) is 0 Å². The molecule has 1 aliphatic carbocycles. The fraction of sp³-hybridized carbons (Fsp3) is 0.824. The van der Waals surface area contributed by atoms with Gasteiger partial charge in [-0.1, -0.05) is 27.2 Å². The fourth-order valence-corrected chi connectivity index (χ4v) is 4.27. The van der Waals surface area contributed by atoms with Gasteiger partial charge in [0.2, 0.25) is 0 Å². The lowest BCUT2D eigenvalue weighted by atomic mass is 9.76. The third-order valence-electron chi connectivity index (χ3n) is 4.93. The van der Waals surface area contributed by atoms with Crippen molar-refractivity contribution in [2.24, 2.45) is 11.3 Å². The molecule has 0 amide bonds. The number of rotatable bonds is 6. The summed E-state index contributed by atoms with van der Waals surface area (Å²) >= 11 is 3.74. The third-order valence-corrected chi connectivity index (χ3v) is 5.54. The van der Waals surface area contributed by atoms with Crippen LogP contribution in [-0.4, -0.2) is 16.3 Å². The van der Waals surface area contributed by atoms with Gasteiger partial charge in [-0.3, -0.25) is 4.68 Å². The van der Waals surface area contributed by atoms with Crippen LogP contribution in [0.25, 0.3) is 0 Å². The zero-order chi connectivity index (χ0) is 15.6. The molecule has 2 rings (SSSR count). The van der Waals surface area contributed by atoms with Crippen molar-refractivity contribution in [2.45, 2.75) is 72.4 Å². The molecule has 1 aliphatic rings. The summed E-state index contributed by atoms with van der Waals surface area (Å²) in [6.45, 7) is 12.6. The van der Waals surface area contributed by atoms with Crippen molar-refractivity contribution in [3.8, 4) is 0 Å². The van der Waals surface area contributed by atoms with Gasteiger partial charge < -0.3 is 5.32 Å². The summed E-state index contributed by atoms with van der Waals surface area (Å²) in [5, 5.41) is 8.41. The Morgan fingerprint density at radius 3 is 2.71 bits per heavy atom. The number of nitrogens with one attached hydrogen (secondary N) is 1. The van der Waals surface area contributed by atoms with Crippen molar-refractivity contribution in [2.75, 3.05) is 6.54 Å². The molecular weight excluding hydrogens is 326 g/mol. The Morgan fingerprint density at radius 1 is 1.48 bits per heavy atom. The Bertz CT molecular complexity index is 465. The largest absolute Gasteiger partial charge is 0.308 e. The summed E-state index contributed by atoms with van der Waals surface area (Å²) < 4.78 is 3.33. The Labute approximate surface area is 138 Å². The first-order chi connectivity index (χ1) is 9.88. The molecule has 0 aliphatic heterocycles. The lowest BCUT2D eigenvalue weighted by Gasteiger charge is -2.36. The van der Waals surface area contributed by atoms with E-state index in [1.54, 1.807) is 0 Å². The maximum absolute atomic E-state index is 4.59. The van der Waals surface area contributed by atoms with Gasteiger partial charge in [0.15, 0.2) is 0 Å². The van der Waals surface area contributed by atoms with Gasteiger partial charge in [0, 0.05) is 6.04 Å². The molecule has 0 radical (unpaired) electrons. The minimum absolute atomic E-state index is 0.390. The Hall–Kier alpha value is -0.350. The molecule has 0 aromatic carbocycles. The van der Waals surface area contributed by atoms with E-state index in [-0.39, 0.29) is 0 Å². The van der Waals surface area contributed by atoms with Gasteiger partial charge >= 0.3 is 0 Å². The highest BCUT2D eigenvalue weighted by atomic mass is 79.9. The van der Waals surface area contributed by atoms with E-state index in [9.17, 15) is 0 Å². The molecule has 0 bridgehead atoms. The minimum Gasteiger partial charge on any atom is -0.308 e. The zero-order valence-electron chi connectivity index (χ0n) is 14.1. The van der Waals surface area contributed by atoms with Crippen molar-refractivity contribution in [1.29, 1.82) is 0 Å². The molecule has 1 N–H and O–H groups in total. The topological polar surface area (TPSA) is 29.9 Å². The van der Waals surface area contributed by atoms with Gasteiger partial charge in [-0.05, 0) is 66.9 Å². The second-order valence-corrected chi connectivity index (χ2v) is 8.19. The first-order valence-electron chi connectivity index (χ1n) is 8.34. The molecule has 2 atom stereocenters. The first-order valence-corrected chi connectivity index (χ1v) is 9.14. The van der Waals surface area contributed by atoms with Crippen molar-refractivity contribution in [3.05, 3.63) is 16.4 Å². The fourth-order valence-electron chi connectivity index (χ4n) is 3.75. The smallest absolute Gasteiger partial charge is 0.0701 e. The Balaban J connectivity index is 2.38. The highest BCUT2D eigenvalue weighted by Gasteiger charge is 2.41. The molecule has 1 fully saturated rings. The van der Waals surface area contributed by atoms with E-state index in [0.717, 1.165) is 17.4 Å². The lowest BCUT2D eigenvalue weighted by Crippen LogP contribution is -2.36. The number of halogens is 1. The SMILES string of the molecule is CCCNC(c1c(Br)cnn1C(C)C)C1CCCC1(C)C. The van der Waals surface area contributed by atoms with E-state index in [2.05, 4.69) is 65.6 Å². The maximum atomic E-state index is 4.59.